The third kappa shape index (κ3) is 3.93. The number of hydrogen-bond acceptors (Lipinski definition) is 4. The van der Waals surface area contributed by atoms with Gasteiger partial charge >= 0.3 is 5.97 Å². The van der Waals surface area contributed by atoms with E-state index in [9.17, 15) is 14.0 Å². The first-order chi connectivity index (χ1) is 12.5. The maximum atomic E-state index is 13.9. The van der Waals surface area contributed by atoms with Gasteiger partial charge in [0.2, 0.25) is 5.91 Å². The highest BCUT2D eigenvalue weighted by atomic mass is 19.1. The number of aliphatic carboxylic acids is 1. The smallest absolute Gasteiger partial charge is 0.307 e. The van der Waals surface area contributed by atoms with Crippen molar-refractivity contribution >= 4 is 17.6 Å². The van der Waals surface area contributed by atoms with Crippen molar-refractivity contribution in [2.24, 2.45) is 5.92 Å². The summed E-state index contributed by atoms with van der Waals surface area (Å²) in [6, 6.07) is 9.39. The van der Waals surface area contributed by atoms with E-state index in [4.69, 9.17) is 14.6 Å². The summed E-state index contributed by atoms with van der Waals surface area (Å²) in [5.74, 6) is -1.09. The summed E-state index contributed by atoms with van der Waals surface area (Å²) in [4.78, 5) is 23.1. The first kappa shape index (κ1) is 17.7. The minimum atomic E-state index is -1.12. The number of halogens is 1. The molecule has 136 valence electrons. The standard InChI is InChI=1S/C19H18FNO5/c1-25-15-4-5-17-12(7-15)6-13(10-26-17)19(24)21-14-3-2-11(8-18(22)23)16(20)9-14/h2-5,7,9,13H,6,8,10H2,1H3,(H,21,24)(H,22,23). The van der Waals surface area contributed by atoms with Gasteiger partial charge in [0.1, 0.15) is 23.9 Å². The molecule has 26 heavy (non-hydrogen) atoms. The second-order valence-electron chi connectivity index (χ2n) is 6.05. The molecule has 0 saturated heterocycles. The fourth-order valence-electron chi connectivity index (χ4n) is 2.84. The van der Waals surface area contributed by atoms with Crippen molar-refractivity contribution < 1.29 is 28.6 Å². The van der Waals surface area contributed by atoms with Crippen LogP contribution in [0.15, 0.2) is 36.4 Å². The maximum Gasteiger partial charge on any atom is 0.307 e. The molecule has 2 aromatic rings. The molecule has 6 nitrogen and oxygen atoms in total. The topological polar surface area (TPSA) is 84.9 Å². The van der Waals surface area contributed by atoms with E-state index in [1.807, 2.05) is 6.07 Å². The van der Waals surface area contributed by atoms with Crippen LogP contribution in [-0.4, -0.2) is 30.7 Å². The Hall–Kier alpha value is -3.09. The first-order valence-electron chi connectivity index (χ1n) is 8.07. The lowest BCUT2D eigenvalue weighted by Crippen LogP contribution is -2.32. The molecule has 1 amide bonds. The van der Waals surface area contributed by atoms with Crippen LogP contribution in [0.25, 0.3) is 0 Å². The Morgan fingerprint density at radius 1 is 1.31 bits per heavy atom. The van der Waals surface area contributed by atoms with Crippen molar-refractivity contribution in [2.75, 3.05) is 19.0 Å². The lowest BCUT2D eigenvalue weighted by atomic mass is 9.95. The van der Waals surface area contributed by atoms with Gasteiger partial charge in [0, 0.05) is 5.69 Å². The quantitative estimate of drug-likeness (QED) is 0.857. The van der Waals surface area contributed by atoms with Gasteiger partial charge in [-0.05, 0) is 47.9 Å². The average Bonchev–Trinajstić information content (AvgIpc) is 2.62. The molecule has 1 aliphatic heterocycles. The fraction of sp³-hybridized carbons (Fsp3) is 0.263. The number of anilines is 1. The van der Waals surface area contributed by atoms with Gasteiger partial charge in [-0.1, -0.05) is 6.07 Å². The highest BCUT2D eigenvalue weighted by molar-refractivity contribution is 5.93. The Balaban J connectivity index is 1.68. The van der Waals surface area contributed by atoms with Crippen LogP contribution in [0.5, 0.6) is 11.5 Å². The van der Waals surface area contributed by atoms with Crippen LogP contribution >= 0.6 is 0 Å². The molecule has 0 aliphatic carbocycles. The summed E-state index contributed by atoms with van der Waals surface area (Å²) in [5, 5.41) is 11.4. The lowest BCUT2D eigenvalue weighted by Gasteiger charge is -2.25. The molecule has 1 aliphatic rings. The SMILES string of the molecule is COc1ccc2c(c1)CC(C(=O)Nc1ccc(CC(=O)O)c(F)c1)CO2. The van der Waals surface area contributed by atoms with Gasteiger partial charge in [0.15, 0.2) is 0 Å². The van der Waals surface area contributed by atoms with Crippen LogP contribution in [0.3, 0.4) is 0 Å². The van der Waals surface area contributed by atoms with Crippen LogP contribution in [0.1, 0.15) is 11.1 Å². The van der Waals surface area contributed by atoms with Gasteiger partial charge in [-0.15, -0.1) is 0 Å². The lowest BCUT2D eigenvalue weighted by molar-refractivity contribution is -0.136. The number of benzene rings is 2. The third-order valence-electron chi connectivity index (χ3n) is 4.21. The predicted molar refractivity (Wildman–Crippen MR) is 92.1 cm³/mol. The van der Waals surface area contributed by atoms with E-state index in [2.05, 4.69) is 5.32 Å². The summed E-state index contributed by atoms with van der Waals surface area (Å²) in [6.45, 7) is 0.227. The molecule has 0 fully saturated rings. The summed E-state index contributed by atoms with van der Waals surface area (Å²) in [6.07, 6.45) is 0.0765. The molecule has 3 rings (SSSR count). The Labute approximate surface area is 149 Å². The van der Waals surface area contributed by atoms with Crippen molar-refractivity contribution in [2.45, 2.75) is 12.8 Å². The van der Waals surface area contributed by atoms with Crippen LogP contribution in [0.2, 0.25) is 0 Å². The van der Waals surface area contributed by atoms with E-state index in [-0.39, 0.29) is 23.8 Å². The molecule has 0 radical (unpaired) electrons. The molecule has 2 aromatic carbocycles. The van der Waals surface area contributed by atoms with Gasteiger partial charge in [-0.3, -0.25) is 9.59 Å². The van der Waals surface area contributed by atoms with Gasteiger partial charge in [-0.25, -0.2) is 4.39 Å². The number of carbonyl (C=O) groups excluding carboxylic acids is 1. The number of carbonyl (C=O) groups is 2. The number of carboxylic acids is 1. The first-order valence-corrected chi connectivity index (χ1v) is 8.07. The Morgan fingerprint density at radius 3 is 2.81 bits per heavy atom. The normalized spacial score (nSPS) is 15.5. The Kier molecular flexibility index (Phi) is 5.06. The number of rotatable bonds is 5. The molecule has 1 unspecified atom stereocenters. The number of carboxylic acid groups (broad SMARTS) is 1. The number of amides is 1. The van der Waals surface area contributed by atoms with E-state index in [0.29, 0.717) is 12.2 Å². The molecular weight excluding hydrogens is 341 g/mol. The van der Waals surface area contributed by atoms with E-state index >= 15 is 0 Å². The van der Waals surface area contributed by atoms with Crippen LogP contribution in [0.4, 0.5) is 10.1 Å². The van der Waals surface area contributed by atoms with Crippen molar-refractivity contribution in [3.8, 4) is 11.5 Å². The van der Waals surface area contributed by atoms with E-state index in [1.165, 1.54) is 12.1 Å². The zero-order valence-electron chi connectivity index (χ0n) is 14.1. The predicted octanol–water partition coefficient (Wildman–Crippen LogP) is 2.65. The van der Waals surface area contributed by atoms with E-state index in [0.717, 1.165) is 17.4 Å². The number of fused-ring (bicyclic) bond motifs is 1. The highest BCUT2D eigenvalue weighted by Gasteiger charge is 2.26. The molecule has 0 spiro atoms. The van der Waals surface area contributed by atoms with Gasteiger partial charge in [0.05, 0.1) is 19.4 Å². The maximum absolute atomic E-state index is 13.9. The summed E-state index contributed by atoms with van der Waals surface area (Å²) < 4.78 is 24.7. The second kappa shape index (κ2) is 7.43. The van der Waals surface area contributed by atoms with E-state index < -0.39 is 24.1 Å². The third-order valence-corrected chi connectivity index (χ3v) is 4.21. The zero-order valence-corrected chi connectivity index (χ0v) is 14.1. The van der Waals surface area contributed by atoms with Gasteiger partial charge in [0.25, 0.3) is 0 Å². The highest BCUT2D eigenvalue weighted by Crippen LogP contribution is 2.31. The van der Waals surface area contributed by atoms with E-state index in [1.54, 1.807) is 19.2 Å². The summed E-state index contributed by atoms with van der Waals surface area (Å²) in [7, 11) is 1.57. The number of hydrogen-bond donors (Lipinski definition) is 2. The average molecular weight is 359 g/mol. The molecule has 0 bridgehead atoms. The molecule has 1 atom stereocenters. The number of ether oxygens (including phenoxy) is 2. The minimum Gasteiger partial charge on any atom is -0.497 e. The number of methoxy groups -OCH3 is 1. The monoisotopic (exact) mass is 359 g/mol. The van der Waals surface area contributed by atoms with Crippen molar-refractivity contribution in [3.05, 3.63) is 53.3 Å². The van der Waals surface area contributed by atoms with Crippen LogP contribution in [0, 0.1) is 11.7 Å². The molecule has 0 aromatic heterocycles. The van der Waals surface area contributed by atoms with Crippen LogP contribution in [-0.2, 0) is 22.4 Å². The minimum absolute atomic E-state index is 0.0671. The zero-order chi connectivity index (χ0) is 18.7. The van der Waals surface area contributed by atoms with Gasteiger partial charge in [-0.2, -0.15) is 0 Å². The largest absolute Gasteiger partial charge is 0.497 e. The molecule has 7 heteroatoms. The van der Waals surface area contributed by atoms with Crippen LogP contribution < -0.4 is 14.8 Å². The molecular formula is C19H18FNO5. The Bertz CT molecular complexity index is 852. The molecule has 0 saturated carbocycles. The Morgan fingerprint density at radius 2 is 2.12 bits per heavy atom. The van der Waals surface area contributed by atoms with Crippen molar-refractivity contribution in [3.63, 3.8) is 0 Å². The number of nitrogens with one attached hydrogen (secondary N) is 1. The van der Waals surface area contributed by atoms with Crippen molar-refractivity contribution in [1.82, 2.24) is 0 Å². The molecule has 2 N–H and O–H groups in total. The summed E-state index contributed by atoms with van der Waals surface area (Å²) in [5.41, 5.74) is 1.22. The second-order valence-corrected chi connectivity index (χ2v) is 6.05. The fourth-order valence-corrected chi connectivity index (χ4v) is 2.84. The summed E-state index contributed by atoms with van der Waals surface area (Å²) >= 11 is 0. The van der Waals surface area contributed by atoms with Gasteiger partial charge < -0.3 is 19.9 Å². The molecule has 1 heterocycles. The van der Waals surface area contributed by atoms with Crippen molar-refractivity contribution in [1.29, 1.82) is 0 Å².